The van der Waals surface area contributed by atoms with Crippen LogP contribution in [-0.2, 0) is 4.79 Å². The molecule has 0 aliphatic carbocycles. The molecule has 24 heavy (non-hydrogen) atoms. The van der Waals surface area contributed by atoms with E-state index in [1.54, 1.807) is 0 Å². The molecule has 0 N–H and O–H groups in total. The van der Waals surface area contributed by atoms with E-state index in [2.05, 4.69) is 44.2 Å². The van der Waals surface area contributed by atoms with Crippen LogP contribution in [0, 0.1) is 6.92 Å². The number of aryl methyl sites for hydroxylation is 1. The smallest absolute Gasteiger partial charge is 0.311 e. The van der Waals surface area contributed by atoms with Gasteiger partial charge in [-0.25, -0.2) is 0 Å². The van der Waals surface area contributed by atoms with Gasteiger partial charge in [-0.15, -0.1) is 0 Å². The molecule has 0 bridgehead atoms. The number of rotatable bonds is 6. The number of carbonyl (C=O) groups is 1. The highest BCUT2D eigenvalue weighted by molar-refractivity contribution is 6.06. The molecular formula is C22H24O2. The number of ether oxygens (including phenoxy) is 1. The molecule has 0 heterocycles. The summed E-state index contributed by atoms with van der Waals surface area (Å²) >= 11 is 0. The van der Waals surface area contributed by atoms with Gasteiger partial charge in [-0.2, -0.15) is 0 Å². The van der Waals surface area contributed by atoms with E-state index in [1.165, 1.54) is 12.8 Å². The van der Waals surface area contributed by atoms with Gasteiger partial charge in [0.25, 0.3) is 0 Å². The molecule has 124 valence electrons. The standard InChI is InChI=1S/C22H24O2/c1-3-4-5-6-11-21(23)24-22-19-10-8-7-9-17(19)15-18-13-12-16(2)14-20(18)22/h7-10,12-15H,3-6,11H2,1-2H3. The van der Waals surface area contributed by atoms with Crippen LogP contribution in [0.3, 0.4) is 0 Å². The Morgan fingerprint density at radius 1 is 0.917 bits per heavy atom. The highest BCUT2D eigenvalue weighted by Crippen LogP contribution is 2.35. The van der Waals surface area contributed by atoms with Crippen molar-refractivity contribution in [1.29, 1.82) is 0 Å². The van der Waals surface area contributed by atoms with E-state index in [4.69, 9.17) is 4.74 Å². The van der Waals surface area contributed by atoms with Crippen LogP contribution < -0.4 is 4.74 Å². The lowest BCUT2D eigenvalue weighted by Gasteiger charge is -2.12. The van der Waals surface area contributed by atoms with Gasteiger partial charge in [0.05, 0.1) is 0 Å². The fourth-order valence-corrected chi connectivity index (χ4v) is 3.11. The average Bonchev–Trinajstić information content (AvgIpc) is 2.59. The van der Waals surface area contributed by atoms with Crippen molar-refractivity contribution in [2.75, 3.05) is 0 Å². The fraction of sp³-hybridized carbons (Fsp3) is 0.318. The monoisotopic (exact) mass is 320 g/mol. The molecule has 3 aromatic carbocycles. The Morgan fingerprint density at radius 3 is 2.54 bits per heavy atom. The van der Waals surface area contributed by atoms with Crippen molar-refractivity contribution in [2.24, 2.45) is 0 Å². The third-order valence-electron chi connectivity index (χ3n) is 4.42. The van der Waals surface area contributed by atoms with Gasteiger partial charge in [-0.1, -0.05) is 68.1 Å². The first-order valence-electron chi connectivity index (χ1n) is 8.82. The summed E-state index contributed by atoms with van der Waals surface area (Å²) in [5.74, 6) is 0.567. The predicted molar refractivity (Wildman–Crippen MR) is 101 cm³/mol. The summed E-state index contributed by atoms with van der Waals surface area (Å²) in [4.78, 5) is 12.3. The topological polar surface area (TPSA) is 26.3 Å². The van der Waals surface area contributed by atoms with Crippen LogP contribution in [0.5, 0.6) is 5.75 Å². The van der Waals surface area contributed by atoms with E-state index < -0.39 is 0 Å². The average molecular weight is 320 g/mol. The molecule has 0 atom stereocenters. The minimum atomic E-state index is -0.134. The summed E-state index contributed by atoms with van der Waals surface area (Å²) in [7, 11) is 0. The van der Waals surface area contributed by atoms with E-state index in [0.29, 0.717) is 12.2 Å². The summed E-state index contributed by atoms with van der Waals surface area (Å²) in [5.41, 5.74) is 1.16. The zero-order valence-electron chi connectivity index (χ0n) is 14.5. The molecule has 2 nitrogen and oxygen atoms in total. The zero-order chi connectivity index (χ0) is 16.9. The highest BCUT2D eigenvalue weighted by atomic mass is 16.5. The molecule has 0 amide bonds. The first-order chi connectivity index (χ1) is 11.7. The van der Waals surface area contributed by atoms with Crippen molar-refractivity contribution in [3.05, 3.63) is 54.1 Å². The molecule has 2 heteroatoms. The van der Waals surface area contributed by atoms with Crippen LogP contribution in [0.2, 0.25) is 0 Å². The molecular weight excluding hydrogens is 296 g/mol. The minimum Gasteiger partial charge on any atom is -0.425 e. The van der Waals surface area contributed by atoms with Crippen LogP contribution in [0.15, 0.2) is 48.5 Å². The summed E-state index contributed by atoms with van der Waals surface area (Å²) in [6.07, 6.45) is 4.80. The van der Waals surface area contributed by atoms with Crippen molar-refractivity contribution in [1.82, 2.24) is 0 Å². The molecule has 3 rings (SSSR count). The zero-order valence-corrected chi connectivity index (χ0v) is 14.5. The van der Waals surface area contributed by atoms with Gasteiger partial charge in [-0.05, 0) is 36.2 Å². The first kappa shape index (κ1) is 16.5. The number of unbranched alkanes of at least 4 members (excludes halogenated alkanes) is 3. The summed E-state index contributed by atoms with van der Waals surface area (Å²) in [6, 6.07) is 16.5. The van der Waals surface area contributed by atoms with E-state index in [1.807, 2.05) is 18.2 Å². The molecule has 0 aliphatic rings. The maximum Gasteiger partial charge on any atom is 0.311 e. The second kappa shape index (κ2) is 7.48. The largest absolute Gasteiger partial charge is 0.425 e. The van der Waals surface area contributed by atoms with Crippen molar-refractivity contribution in [3.8, 4) is 5.75 Å². The Hall–Kier alpha value is -2.35. The third kappa shape index (κ3) is 3.59. The van der Waals surface area contributed by atoms with Crippen molar-refractivity contribution >= 4 is 27.5 Å². The lowest BCUT2D eigenvalue weighted by atomic mass is 10.0. The number of benzene rings is 3. The van der Waals surface area contributed by atoms with Crippen LogP contribution in [0.4, 0.5) is 0 Å². The van der Waals surface area contributed by atoms with Crippen LogP contribution in [0.1, 0.15) is 44.6 Å². The van der Waals surface area contributed by atoms with Gasteiger partial charge >= 0.3 is 5.97 Å². The molecule has 0 saturated heterocycles. The van der Waals surface area contributed by atoms with Crippen molar-refractivity contribution in [2.45, 2.75) is 46.0 Å². The highest BCUT2D eigenvalue weighted by Gasteiger charge is 2.13. The Kier molecular flexibility index (Phi) is 5.14. The number of hydrogen-bond acceptors (Lipinski definition) is 2. The van der Waals surface area contributed by atoms with Gasteiger partial charge < -0.3 is 4.74 Å². The molecule has 0 spiro atoms. The quantitative estimate of drug-likeness (QED) is 0.235. The fourth-order valence-electron chi connectivity index (χ4n) is 3.11. The third-order valence-corrected chi connectivity index (χ3v) is 4.42. The Labute approximate surface area is 143 Å². The number of fused-ring (bicyclic) bond motifs is 2. The molecule has 0 fully saturated rings. The first-order valence-corrected chi connectivity index (χ1v) is 8.82. The maximum atomic E-state index is 12.3. The van der Waals surface area contributed by atoms with Crippen molar-refractivity contribution < 1.29 is 9.53 Å². The normalized spacial score (nSPS) is 11.1. The lowest BCUT2D eigenvalue weighted by molar-refractivity contribution is -0.134. The number of hydrogen-bond donors (Lipinski definition) is 0. The molecule has 0 aliphatic heterocycles. The van der Waals surface area contributed by atoms with Crippen LogP contribution in [0.25, 0.3) is 21.5 Å². The van der Waals surface area contributed by atoms with E-state index in [-0.39, 0.29) is 5.97 Å². The van der Waals surface area contributed by atoms with Crippen LogP contribution in [-0.4, -0.2) is 5.97 Å². The molecule has 0 aromatic heterocycles. The van der Waals surface area contributed by atoms with E-state index in [9.17, 15) is 4.79 Å². The second-order valence-corrected chi connectivity index (χ2v) is 6.44. The SMILES string of the molecule is CCCCCCC(=O)Oc1c2ccccc2cc2ccc(C)cc12. The number of esters is 1. The second-order valence-electron chi connectivity index (χ2n) is 6.44. The van der Waals surface area contributed by atoms with Gasteiger partial charge in [0.15, 0.2) is 0 Å². The summed E-state index contributed by atoms with van der Waals surface area (Å²) in [6.45, 7) is 4.23. The van der Waals surface area contributed by atoms with E-state index in [0.717, 1.165) is 39.9 Å². The Morgan fingerprint density at radius 2 is 1.71 bits per heavy atom. The molecule has 0 unspecified atom stereocenters. The van der Waals surface area contributed by atoms with Gasteiger partial charge in [0.1, 0.15) is 5.75 Å². The minimum absolute atomic E-state index is 0.134. The predicted octanol–water partition coefficient (Wildman–Crippen LogP) is 6.18. The maximum absolute atomic E-state index is 12.3. The summed E-state index contributed by atoms with van der Waals surface area (Å²) in [5, 5.41) is 4.21. The molecule has 0 radical (unpaired) electrons. The Bertz CT molecular complexity index is 864. The van der Waals surface area contributed by atoms with Crippen molar-refractivity contribution in [3.63, 3.8) is 0 Å². The van der Waals surface area contributed by atoms with Crippen LogP contribution >= 0.6 is 0 Å². The van der Waals surface area contributed by atoms with Gasteiger partial charge in [-0.3, -0.25) is 4.79 Å². The Balaban J connectivity index is 1.97. The summed E-state index contributed by atoms with van der Waals surface area (Å²) < 4.78 is 5.84. The van der Waals surface area contributed by atoms with Gasteiger partial charge in [0.2, 0.25) is 0 Å². The number of carbonyl (C=O) groups excluding carboxylic acids is 1. The van der Waals surface area contributed by atoms with Gasteiger partial charge in [0, 0.05) is 17.2 Å². The molecule has 0 saturated carbocycles. The lowest BCUT2D eigenvalue weighted by Crippen LogP contribution is -2.08. The molecule has 3 aromatic rings. The van der Waals surface area contributed by atoms with E-state index >= 15 is 0 Å².